The maximum atomic E-state index is 13.1. The quantitative estimate of drug-likeness (QED) is 0.602. The third-order valence-corrected chi connectivity index (χ3v) is 7.39. The second kappa shape index (κ2) is 8.13. The number of aryl methyl sites for hydroxylation is 3. The lowest BCUT2D eigenvalue weighted by Gasteiger charge is -2.12. The fraction of sp³-hybridized carbons (Fsp3) is 0.417. The number of thiophene rings is 1. The van der Waals surface area contributed by atoms with E-state index in [1.807, 2.05) is 32.0 Å². The average Bonchev–Trinajstić information content (AvgIpc) is 3.51. The summed E-state index contributed by atoms with van der Waals surface area (Å²) in [5.74, 6) is -0.165. The number of carbonyl (C=O) groups is 2. The summed E-state index contributed by atoms with van der Waals surface area (Å²) in [5, 5.41) is 7.54. The van der Waals surface area contributed by atoms with E-state index in [9.17, 15) is 9.59 Å². The highest BCUT2D eigenvalue weighted by molar-refractivity contribution is 7.17. The molecular formula is C24H26N2O4S. The highest BCUT2D eigenvalue weighted by atomic mass is 32.1. The Bertz CT molecular complexity index is 1170. The molecule has 2 aromatic heterocycles. The van der Waals surface area contributed by atoms with Crippen molar-refractivity contribution in [1.82, 2.24) is 5.32 Å². The van der Waals surface area contributed by atoms with E-state index < -0.39 is 0 Å². The molecule has 6 nitrogen and oxygen atoms in total. The molecule has 7 heteroatoms. The largest absolute Gasteiger partial charge is 0.451 e. The SMILES string of the molecule is Cc1ccc2oc(C(=O)Nc3sc4c(c3C(=O)NC[C@@H]3CCCO3)CCC4)c(C)c2c1. The van der Waals surface area contributed by atoms with Crippen LogP contribution in [0.2, 0.25) is 0 Å². The van der Waals surface area contributed by atoms with Gasteiger partial charge in [0.25, 0.3) is 11.8 Å². The van der Waals surface area contributed by atoms with Gasteiger partial charge in [0.15, 0.2) is 5.76 Å². The summed E-state index contributed by atoms with van der Waals surface area (Å²) in [5.41, 5.74) is 4.29. The molecule has 0 spiro atoms. The van der Waals surface area contributed by atoms with Crippen LogP contribution in [-0.4, -0.2) is 31.1 Å². The van der Waals surface area contributed by atoms with E-state index in [-0.39, 0.29) is 17.9 Å². The number of rotatable bonds is 5. The van der Waals surface area contributed by atoms with Crippen LogP contribution in [0, 0.1) is 13.8 Å². The minimum absolute atomic E-state index is 0.0790. The zero-order valence-electron chi connectivity index (χ0n) is 17.8. The fourth-order valence-corrected chi connectivity index (χ4v) is 5.83. The van der Waals surface area contributed by atoms with Crippen molar-refractivity contribution in [2.45, 2.75) is 52.1 Å². The lowest BCUT2D eigenvalue weighted by Crippen LogP contribution is -2.32. The molecule has 1 aromatic carbocycles. The molecule has 0 saturated carbocycles. The summed E-state index contributed by atoms with van der Waals surface area (Å²) in [7, 11) is 0. The van der Waals surface area contributed by atoms with E-state index >= 15 is 0 Å². The van der Waals surface area contributed by atoms with Crippen molar-refractivity contribution in [3.8, 4) is 0 Å². The van der Waals surface area contributed by atoms with Gasteiger partial charge in [0.2, 0.25) is 0 Å². The molecule has 1 atom stereocenters. The van der Waals surface area contributed by atoms with E-state index in [1.54, 1.807) is 0 Å². The molecule has 1 saturated heterocycles. The van der Waals surface area contributed by atoms with E-state index in [0.29, 0.717) is 28.5 Å². The van der Waals surface area contributed by atoms with Crippen LogP contribution in [0.15, 0.2) is 22.6 Å². The summed E-state index contributed by atoms with van der Waals surface area (Å²) in [6.07, 6.45) is 4.94. The van der Waals surface area contributed by atoms with Gasteiger partial charge in [-0.05, 0) is 63.6 Å². The smallest absolute Gasteiger partial charge is 0.292 e. The minimum atomic E-state index is -0.320. The number of anilines is 1. The molecule has 3 aromatic rings. The van der Waals surface area contributed by atoms with E-state index in [1.165, 1.54) is 16.2 Å². The zero-order chi connectivity index (χ0) is 21.5. The Hall–Kier alpha value is -2.64. The van der Waals surface area contributed by atoms with Gasteiger partial charge < -0.3 is 19.8 Å². The molecule has 2 N–H and O–H groups in total. The topological polar surface area (TPSA) is 80.6 Å². The van der Waals surface area contributed by atoms with Crippen LogP contribution in [0.3, 0.4) is 0 Å². The third kappa shape index (κ3) is 3.77. The maximum absolute atomic E-state index is 13.1. The number of benzene rings is 1. The number of fused-ring (bicyclic) bond motifs is 2. The van der Waals surface area contributed by atoms with Gasteiger partial charge >= 0.3 is 0 Å². The number of nitrogens with one attached hydrogen (secondary N) is 2. The van der Waals surface area contributed by atoms with Crippen molar-refractivity contribution in [2.75, 3.05) is 18.5 Å². The number of furan rings is 1. The highest BCUT2D eigenvalue weighted by Gasteiger charge is 2.29. The van der Waals surface area contributed by atoms with Crippen molar-refractivity contribution in [2.24, 2.45) is 0 Å². The summed E-state index contributed by atoms with van der Waals surface area (Å²) in [6, 6.07) is 5.87. The van der Waals surface area contributed by atoms with E-state index in [0.717, 1.165) is 60.8 Å². The summed E-state index contributed by atoms with van der Waals surface area (Å²) >= 11 is 1.51. The van der Waals surface area contributed by atoms with Crippen molar-refractivity contribution in [3.63, 3.8) is 0 Å². The Morgan fingerprint density at radius 3 is 2.84 bits per heavy atom. The molecule has 2 amide bonds. The van der Waals surface area contributed by atoms with E-state index in [4.69, 9.17) is 9.15 Å². The highest BCUT2D eigenvalue weighted by Crippen LogP contribution is 2.39. The van der Waals surface area contributed by atoms with Gasteiger partial charge in [-0.2, -0.15) is 0 Å². The molecule has 162 valence electrons. The number of hydrogen-bond donors (Lipinski definition) is 2. The van der Waals surface area contributed by atoms with Gasteiger partial charge in [0, 0.05) is 29.0 Å². The lowest BCUT2D eigenvalue weighted by atomic mass is 10.1. The van der Waals surface area contributed by atoms with Crippen LogP contribution in [0.1, 0.15) is 61.7 Å². The summed E-state index contributed by atoms with van der Waals surface area (Å²) in [4.78, 5) is 27.4. The number of carbonyl (C=O) groups excluding carboxylic acids is 2. The Morgan fingerprint density at radius 1 is 1.16 bits per heavy atom. The number of ether oxygens (including phenoxy) is 1. The van der Waals surface area contributed by atoms with Crippen LogP contribution < -0.4 is 10.6 Å². The molecule has 3 heterocycles. The van der Waals surface area contributed by atoms with Crippen LogP contribution in [0.25, 0.3) is 11.0 Å². The van der Waals surface area contributed by atoms with Gasteiger partial charge in [-0.15, -0.1) is 11.3 Å². The van der Waals surface area contributed by atoms with Gasteiger partial charge in [-0.25, -0.2) is 0 Å². The summed E-state index contributed by atoms with van der Waals surface area (Å²) in [6.45, 7) is 5.16. The minimum Gasteiger partial charge on any atom is -0.451 e. The van der Waals surface area contributed by atoms with Crippen LogP contribution in [-0.2, 0) is 17.6 Å². The van der Waals surface area contributed by atoms with Crippen molar-refractivity contribution in [1.29, 1.82) is 0 Å². The molecule has 31 heavy (non-hydrogen) atoms. The van der Waals surface area contributed by atoms with Crippen molar-refractivity contribution in [3.05, 3.63) is 51.1 Å². The summed E-state index contributed by atoms with van der Waals surface area (Å²) < 4.78 is 11.5. The lowest BCUT2D eigenvalue weighted by molar-refractivity contribution is 0.0858. The molecular weight excluding hydrogens is 412 g/mol. The van der Waals surface area contributed by atoms with Crippen LogP contribution >= 0.6 is 11.3 Å². The first-order chi connectivity index (χ1) is 15.0. The van der Waals surface area contributed by atoms with Gasteiger partial charge in [-0.3, -0.25) is 9.59 Å². The van der Waals surface area contributed by atoms with Crippen LogP contribution in [0.4, 0.5) is 5.00 Å². The van der Waals surface area contributed by atoms with Crippen molar-refractivity contribution < 1.29 is 18.7 Å². The normalized spacial score (nSPS) is 17.8. The Kier molecular flexibility index (Phi) is 5.32. The first-order valence-electron chi connectivity index (χ1n) is 10.9. The maximum Gasteiger partial charge on any atom is 0.292 e. The molecule has 1 fully saturated rings. The standard InChI is InChI=1S/C24H26N2O4S/c1-13-8-9-18-17(11-13)14(2)21(30-18)23(28)26-24-20(16-6-3-7-19(16)31-24)22(27)25-12-15-5-4-10-29-15/h8-9,11,15H,3-7,10,12H2,1-2H3,(H,25,27)(H,26,28)/t15-/m0/s1. The molecule has 5 rings (SSSR count). The first kappa shape index (κ1) is 20.3. The number of amides is 2. The molecule has 0 unspecified atom stereocenters. The van der Waals surface area contributed by atoms with E-state index in [2.05, 4.69) is 10.6 Å². The van der Waals surface area contributed by atoms with Gasteiger partial charge in [0.05, 0.1) is 11.7 Å². The van der Waals surface area contributed by atoms with Crippen LogP contribution in [0.5, 0.6) is 0 Å². The fourth-order valence-electron chi connectivity index (χ4n) is 4.54. The van der Waals surface area contributed by atoms with Gasteiger partial charge in [0.1, 0.15) is 10.6 Å². The van der Waals surface area contributed by atoms with Crippen molar-refractivity contribution >= 4 is 39.1 Å². The van der Waals surface area contributed by atoms with Gasteiger partial charge in [-0.1, -0.05) is 11.6 Å². The molecule has 0 radical (unpaired) electrons. The molecule has 1 aliphatic heterocycles. The second-order valence-corrected chi connectivity index (χ2v) is 9.52. The Morgan fingerprint density at radius 2 is 2.03 bits per heavy atom. The first-order valence-corrected chi connectivity index (χ1v) is 11.7. The molecule has 2 aliphatic rings. The Balaban J connectivity index is 1.41. The third-order valence-electron chi connectivity index (χ3n) is 6.19. The molecule has 1 aliphatic carbocycles. The molecule has 0 bridgehead atoms. The second-order valence-electron chi connectivity index (χ2n) is 8.42. The zero-order valence-corrected chi connectivity index (χ0v) is 18.6. The predicted molar refractivity (Wildman–Crippen MR) is 121 cm³/mol. The average molecular weight is 439 g/mol. The Labute approximate surface area is 185 Å². The monoisotopic (exact) mass is 438 g/mol. The number of hydrogen-bond acceptors (Lipinski definition) is 5. The predicted octanol–water partition coefficient (Wildman–Crippen LogP) is 4.76.